The third-order valence-corrected chi connectivity index (χ3v) is 3.68. The molecule has 2 rings (SSSR count). The second-order valence-corrected chi connectivity index (χ2v) is 5.42. The van der Waals surface area contributed by atoms with Crippen molar-refractivity contribution in [2.24, 2.45) is 17.8 Å². The molecule has 0 aromatic rings. The third-order valence-electron chi connectivity index (χ3n) is 3.68. The monoisotopic (exact) mass is 181 g/mol. The van der Waals surface area contributed by atoms with Crippen molar-refractivity contribution in [3.05, 3.63) is 0 Å². The molecular formula is C12H23N. The number of rotatable bonds is 2. The van der Waals surface area contributed by atoms with Crippen molar-refractivity contribution >= 4 is 0 Å². The van der Waals surface area contributed by atoms with Crippen LogP contribution in [0.1, 0.15) is 39.5 Å². The van der Waals surface area contributed by atoms with Gasteiger partial charge in [0, 0.05) is 19.6 Å². The Kier molecular flexibility index (Phi) is 2.92. The number of hydrogen-bond donors (Lipinski definition) is 0. The van der Waals surface area contributed by atoms with Gasteiger partial charge in [-0.1, -0.05) is 26.7 Å². The Morgan fingerprint density at radius 1 is 1.08 bits per heavy atom. The Morgan fingerprint density at radius 2 is 1.62 bits per heavy atom. The SMILES string of the molecule is CC(C)CN1CC2CCCCC2C1. The topological polar surface area (TPSA) is 3.24 Å². The van der Waals surface area contributed by atoms with Crippen LogP contribution < -0.4 is 0 Å². The molecule has 1 heterocycles. The van der Waals surface area contributed by atoms with Gasteiger partial charge in [0.05, 0.1) is 0 Å². The van der Waals surface area contributed by atoms with E-state index in [1.807, 2.05) is 0 Å². The van der Waals surface area contributed by atoms with E-state index in [1.165, 1.54) is 45.3 Å². The fourth-order valence-electron chi connectivity index (χ4n) is 3.17. The lowest BCUT2D eigenvalue weighted by Gasteiger charge is -2.23. The second kappa shape index (κ2) is 4.00. The van der Waals surface area contributed by atoms with Gasteiger partial charge in [-0.2, -0.15) is 0 Å². The number of hydrogen-bond acceptors (Lipinski definition) is 1. The van der Waals surface area contributed by atoms with Crippen LogP contribution in [0, 0.1) is 17.8 Å². The third kappa shape index (κ3) is 2.25. The van der Waals surface area contributed by atoms with Crippen LogP contribution in [0.2, 0.25) is 0 Å². The fraction of sp³-hybridized carbons (Fsp3) is 1.00. The summed E-state index contributed by atoms with van der Waals surface area (Å²) in [4.78, 5) is 2.70. The molecule has 0 spiro atoms. The van der Waals surface area contributed by atoms with Gasteiger partial charge in [-0.3, -0.25) is 0 Å². The number of nitrogens with zero attached hydrogens (tertiary/aromatic N) is 1. The van der Waals surface area contributed by atoms with Crippen LogP contribution in [-0.4, -0.2) is 24.5 Å². The molecule has 76 valence electrons. The van der Waals surface area contributed by atoms with E-state index in [-0.39, 0.29) is 0 Å². The maximum Gasteiger partial charge on any atom is 0.00130 e. The van der Waals surface area contributed by atoms with Crippen LogP contribution in [0.4, 0.5) is 0 Å². The maximum atomic E-state index is 2.70. The highest BCUT2D eigenvalue weighted by molar-refractivity contribution is 4.86. The van der Waals surface area contributed by atoms with Crippen molar-refractivity contribution in [2.45, 2.75) is 39.5 Å². The van der Waals surface area contributed by atoms with Gasteiger partial charge in [-0.25, -0.2) is 0 Å². The normalized spacial score (nSPS) is 35.3. The quantitative estimate of drug-likeness (QED) is 0.633. The van der Waals surface area contributed by atoms with Gasteiger partial charge in [-0.05, 0) is 30.6 Å². The number of likely N-dealkylation sites (tertiary alicyclic amines) is 1. The van der Waals surface area contributed by atoms with E-state index >= 15 is 0 Å². The lowest BCUT2D eigenvalue weighted by atomic mass is 9.82. The molecule has 1 aliphatic carbocycles. The zero-order valence-corrected chi connectivity index (χ0v) is 9.13. The first-order valence-corrected chi connectivity index (χ1v) is 5.98. The summed E-state index contributed by atoms with van der Waals surface area (Å²) in [5.74, 6) is 2.97. The molecule has 0 bridgehead atoms. The van der Waals surface area contributed by atoms with E-state index in [0.29, 0.717) is 0 Å². The molecule has 1 saturated heterocycles. The summed E-state index contributed by atoms with van der Waals surface area (Å²) >= 11 is 0. The summed E-state index contributed by atoms with van der Waals surface area (Å²) in [6.45, 7) is 8.81. The molecule has 0 amide bonds. The highest BCUT2D eigenvalue weighted by Gasteiger charge is 2.33. The average Bonchev–Trinajstić information content (AvgIpc) is 2.44. The highest BCUT2D eigenvalue weighted by atomic mass is 15.2. The van der Waals surface area contributed by atoms with Crippen LogP contribution in [-0.2, 0) is 0 Å². The average molecular weight is 181 g/mol. The molecule has 2 atom stereocenters. The predicted octanol–water partition coefficient (Wildman–Crippen LogP) is 2.76. The van der Waals surface area contributed by atoms with Crippen molar-refractivity contribution < 1.29 is 0 Å². The van der Waals surface area contributed by atoms with Crippen LogP contribution >= 0.6 is 0 Å². The molecule has 0 N–H and O–H groups in total. The lowest BCUT2D eigenvalue weighted by Crippen LogP contribution is -2.25. The zero-order chi connectivity index (χ0) is 9.26. The number of fused-ring (bicyclic) bond motifs is 1. The first kappa shape index (κ1) is 9.51. The molecule has 1 saturated carbocycles. The van der Waals surface area contributed by atoms with Gasteiger partial charge in [0.25, 0.3) is 0 Å². The minimum atomic E-state index is 0.847. The summed E-state index contributed by atoms with van der Waals surface area (Å²) in [5.41, 5.74) is 0. The molecule has 1 nitrogen and oxygen atoms in total. The van der Waals surface area contributed by atoms with Gasteiger partial charge >= 0.3 is 0 Å². The van der Waals surface area contributed by atoms with E-state index in [2.05, 4.69) is 18.7 Å². The smallest absolute Gasteiger partial charge is 0.00130 e. The van der Waals surface area contributed by atoms with Crippen molar-refractivity contribution in [1.82, 2.24) is 4.90 Å². The largest absolute Gasteiger partial charge is 0.303 e. The Hall–Kier alpha value is -0.0400. The molecule has 13 heavy (non-hydrogen) atoms. The summed E-state index contributed by atoms with van der Waals surface area (Å²) in [7, 11) is 0. The van der Waals surface area contributed by atoms with E-state index in [4.69, 9.17) is 0 Å². The Labute approximate surface area is 82.5 Å². The van der Waals surface area contributed by atoms with Crippen LogP contribution in [0.5, 0.6) is 0 Å². The first-order valence-electron chi connectivity index (χ1n) is 5.98. The maximum absolute atomic E-state index is 2.70. The molecule has 0 aromatic carbocycles. The Balaban J connectivity index is 1.84. The molecule has 1 heteroatoms. The lowest BCUT2D eigenvalue weighted by molar-refractivity contribution is 0.284. The van der Waals surface area contributed by atoms with E-state index < -0.39 is 0 Å². The molecule has 0 aromatic heterocycles. The molecule has 0 radical (unpaired) electrons. The van der Waals surface area contributed by atoms with E-state index in [0.717, 1.165) is 17.8 Å². The Bertz CT molecular complexity index is 151. The van der Waals surface area contributed by atoms with Gasteiger partial charge in [0.1, 0.15) is 0 Å². The summed E-state index contributed by atoms with van der Waals surface area (Å²) < 4.78 is 0. The predicted molar refractivity (Wildman–Crippen MR) is 56.7 cm³/mol. The molecule has 2 unspecified atom stereocenters. The summed E-state index contributed by atoms with van der Waals surface area (Å²) in [6.07, 6.45) is 6.02. The molecule has 2 aliphatic rings. The van der Waals surface area contributed by atoms with Gasteiger partial charge in [-0.15, -0.1) is 0 Å². The van der Waals surface area contributed by atoms with Crippen molar-refractivity contribution in [1.29, 1.82) is 0 Å². The second-order valence-electron chi connectivity index (χ2n) is 5.42. The minimum Gasteiger partial charge on any atom is -0.303 e. The van der Waals surface area contributed by atoms with Crippen molar-refractivity contribution in [2.75, 3.05) is 19.6 Å². The fourth-order valence-corrected chi connectivity index (χ4v) is 3.17. The van der Waals surface area contributed by atoms with Gasteiger partial charge in [0.2, 0.25) is 0 Å². The van der Waals surface area contributed by atoms with Crippen LogP contribution in [0.15, 0.2) is 0 Å². The van der Waals surface area contributed by atoms with Crippen molar-refractivity contribution in [3.63, 3.8) is 0 Å². The molecule has 1 aliphatic heterocycles. The Morgan fingerprint density at radius 3 is 2.08 bits per heavy atom. The van der Waals surface area contributed by atoms with E-state index in [9.17, 15) is 0 Å². The standard InChI is InChI=1S/C12H23N/c1-10(2)7-13-8-11-5-3-4-6-12(11)9-13/h10-12H,3-9H2,1-2H3. The van der Waals surface area contributed by atoms with Crippen LogP contribution in [0.25, 0.3) is 0 Å². The van der Waals surface area contributed by atoms with Crippen molar-refractivity contribution in [3.8, 4) is 0 Å². The van der Waals surface area contributed by atoms with E-state index in [1.54, 1.807) is 0 Å². The summed E-state index contributed by atoms with van der Waals surface area (Å²) in [5, 5.41) is 0. The minimum absolute atomic E-state index is 0.847. The molecule has 2 fully saturated rings. The first-order chi connectivity index (χ1) is 6.25. The van der Waals surface area contributed by atoms with Gasteiger partial charge < -0.3 is 4.90 Å². The summed E-state index contributed by atoms with van der Waals surface area (Å²) in [6, 6.07) is 0. The molecular weight excluding hydrogens is 158 g/mol. The highest BCUT2D eigenvalue weighted by Crippen LogP contribution is 2.36. The van der Waals surface area contributed by atoms with Gasteiger partial charge in [0.15, 0.2) is 0 Å². The van der Waals surface area contributed by atoms with Crippen LogP contribution in [0.3, 0.4) is 0 Å². The zero-order valence-electron chi connectivity index (χ0n) is 9.13.